The molecule has 0 fully saturated rings. The molecule has 0 saturated heterocycles. The molecule has 0 amide bonds. The van der Waals surface area contributed by atoms with Gasteiger partial charge in [-0.05, 0) is 35.6 Å². The van der Waals surface area contributed by atoms with Gasteiger partial charge in [-0.25, -0.2) is 4.79 Å². The van der Waals surface area contributed by atoms with Gasteiger partial charge >= 0.3 is 5.97 Å². The number of nitriles is 1. The average Bonchev–Trinajstić information content (AvgIpc) is 2.84. The van der Waals surface area contributed by atoms with Crippen molar-refractivity contribution in [2.75, 3.05) is 5.32 Å². The number of aromatic carboxylic acids is 1. The molecule has 2 rings (SSSR count). The summed E-state index contributed by atoms with van der Waals surface area (Å²) < 4.78 is 0. The molecule has 5 heteroatoms. The summed E-state index contributed by atoms with van der Waals surface area (Å²) in [6, 6.07) is 9.49. The third-order valence-corrected chi connectivity index (χ3v) is 3.74. The molecule has 0 atom stereocenters. The van der Waals surface area contributed by atoms with E-state index in [9.17, 15) is 4.79 Å². The van der Waals surface area contributed by atoms with Gasteiger partial charge in [-0.2, -0.15) is 5.26 Å². The van der Waals surface area contributed by atoms with Crippen molar-refractivity contribution in [3.05, 3.63) is 51.2 Å². The van der Waals surface area contributed by atoms with Gasteiger partial charge in [-0.3, -0.25) is 0 Å². The Labute approximate surface area is 114 Å². The van der Waals surface area contributed by atoms with Gasteiger partial charge in [0, 0.05) is 6.54 Å². The molecule has 4 nitrogen and oxygen atoms in total. The van der Waals surface area contributed by atoms with E-state index in [-0.39, 0.29) is 0 Å². The summed E-state index contributed by atoms with van der Waals surface area (Å²) in [6.45, 7) is 2.26. The average molecular weight is 272 g/mol. The fourth-order valence-electron chi connectivity index (χ4n) is 1.82. The van der Waals surface area contributed by atoms with Gasteiger partial charge in [0.25, 0.3) is 0 Å². The second-order valence-electron chi connectivity index (χ2n) is 4.04. The highest BCUT2D eigenvalue weighted by atomic mass is 32.1. The van der Waals surface area contributed by atoms with Crippen LogP contribution in [0, 0.1) is 18.3 Å². The Hall–Kier alpha value is -2.32. The van der Waals surface area contributed by atoms with Crippen molar-refractivity contribution in [2.24, 2.45) is 0 Å². The first kappa shape index (κ1) is 13.1. The second-order valence-corrected chi connectivity index (χ2v) is 4.96. The van der Waals surface area contributed by atoms with E-state index in [0.29, 0.717) is 17.0 Å². The smallest absolute Gasteiger partial charge is 0.346 e. The first-order valence-electron chi connectivity index (χ1n) is 5.66. The van der Waals surface area contributed by atoms with Crippen LogP contribution in [0.4, 0.5) is 5.69 Å². The Morgan fingerprint density at radius 3 is 2.95 bits per heavy atom. The predicted molar refractivity (Wildman–Crippen MR) is 74.5 cm³/mol. The number of carboxylic acids is 1. The number of carbonyl (C=O) groups is 1. The van der Waals surface area contributed by atoms with Crippen LogP contribution in [-0.2, 0) is 6.54 Å². The summed E-state index contributed by atoms with van der Waals surface area (Å²) >= 11 is 1.20. The third kappa shape index (κ3) is 2.75. The lowest BCUT2D eigenvalue weighted by Crippen LogP contribution is -2.05. The molecule has 2 N–H and O–H groups in total. The summed E-state index contributed by atoms with van der Waals surface area (Å²) in [7, 11) is 0. The van der Waals surface area contributed by atoms with Gasteiger partial charge in [0.1, 0.15) is 10.9 Å². The molecule has 0 radical (unpaired) electrons. The van der Waals surface area contributed by atoms with Gasteiger partial charge in [0.05, 0.1) is 11.3 Å². The van der Waals surface area contributed by atoms with Crippen LogP contribution in [0.1, 0.15) is 26.4 Å². The van der Waals surface area contributed by atoms with Crippen LogP contribution in [0.3, 0.4) is 0 Å². The largest absolute Gasteiger partial charge is 0.477 e. The highest BCUT2D eigenvalue weighted by Gasteiger charge is 2.12. The second kappa shape index (κ2) is 5.55. The first-order valence-corrected chi connectivity index (χ1v) is 6.54. The number of nitrogens with zero attached hydrogens (tertiary/aromatic N) is 1. The number of thiophene rings is 1. The van der Waals surface area contributed by atoms with Crippen molar-refractivity contribution in [3.8, 4) is 6.07 Å². The van der Waals surface area contributed by atoms with Crippen LogP contribution in [-0.4, -0.2) is 11.1 Å². The minimum Gasteiger partial charge on any atom is -0.477 e. The molecule has 0 aliphatic heterocycles. The van der Waals surface area contributed by atoms with Crippen molar-refractivity contribution >= 4 is 23.0 Å². The van der Waals surface area contributed by atoms with Crippen LogP contribution in [0.25, 0.3) is 0 Å². The Morgan fingerprint density at radius 1 is 1.47 bits per heavy atom. The molecule has 96 valence electrons. The lowest BCUT2D eigenvalue weighted by Gasteiger charge is -2.09. The van der Waals surface area contributed by atoms with Crippen molar-refractivity contribution in [1.82, 2.24) is 0 Å². The van der Waals surface area contributed by atoms with Crippen LogP contribution < -0.4 is 5.32 Å². The molecule has 19 heavy (non-hydrogen) atoms. The zero-order valence-corrected chi connectivity index (χ0v) is 11.1. The topological polar surface area (TPSA) is 73.1 Å². The van der Waals surface area contributed by atoms with Gasteiger partial charge in [0.15, 0.2) is 0 Å². The standard InChI is InChI=1S/C14H12N2O2S/c1-9-3-2-4-12(11(9)7-15)16-8-10-5-6-19-13(10)14(17)18/h2-6,16H,8H2,1H3,(H,17,18). The fourth-order valence-corrected chi connectivity index (χ4v) is 2.58. The summed E-state index contributed by atoms with van der Waals surface area (Å²) in [5, 5.41) is 23.0. The number of hydrogen-bond acceptors (Lipinski definition) is 4. The van der Waals surface area contributed by atoms with Crippen LogP contribution in [0.5, 0.6) is 0 Å². The SMILES string of the molecule is Cc1cccc(NCc2ccsc2C(=O)O)c1C#N. The van der Waals surface area contributed by atoms with Crippen LogP contribution >= 0.6 is 11.3 Å². The minimum absolute atomic E-state index is 0.332. The molecule has 1 aromatic carbocycles. The number of aryl methyl sites for hydroxylation is 1. The van der Waals surface area contributed by atoms with Crippen molar-refractivity contribution in [1.29, 1.82) is 5.26 Å². The van der Waals surface area contributed by atoms with E-state index in [0.717, 1.165) is 16.8 Å². The summed E-state index contributed by atoms with van der Waals surface area (Å²) in [5.41, 5.74) is 2.94. The highest BCUT2D eigenvalue weighted by molar-refractivity contribution is 7.12. The van der Waals surface area contributed by atoms with E-state index in [4.69, 9.17) is 10.4 Å². The van der Waals surface area contributed by atoms with Gasteiger partial charge < -0.3 is 10.4 Å². The predicted octanol–water partition coefficient (Wildman–Crippen LogP) is 3.24. The number of nitrogens with one attached hydrogen (secondary N) is 1. The monoisotopic (exact) mass is 272 g/mol. The van der Waals surface area contributed by atoms with Gasteiger partial charge in [0.2, 0.25) is 0 Å². The maximum Gasteiger partial charge on any atom is 0.346 e. The van der Waals surface area contributed by atoms with Crippen molar-refractivity contribution in [3.63, 3.8) is 0 Å². The molecule has 0 saturated carbocycles. The van der Waals surface area contributed by atoms with E-state index < -0.39 is 5.97 Å². The maximum absolute atomic E-state index is 11.0. The molecule has 1 heterocycles. The highest BCUT2D eigenvalue weighted by Crippen LogP contribution is 2.22. The molecular weight excluding hydrogens is 260 g/mol. The molecule has 0 unspecified atom stereocenters. The lowest BCUT2D eigenvalue weighted by atomic mass is 10.1. The number of benzene rings is 1. The fraction of sp³-hybridized carbons (Fsp3) is 0.143. The van der Waals surface area contributed by atoms with E-state index in [1.54, 1.807) is 11.4 Å². The van der Waals surface area contributed by atoms with Crippen molar-refractivity contribution < 1.29 is 9.90 Å². The number of rotatable bonds is 4. The summed E-state index contributed by atoms with van der Waals surface area (Å²) in [5.74, 6) is -0.920. The van der Waals surface area contributed by atoms with E-state index in [1.807, 2.05) is 25.1 Å². The zero-order valence-electron chi connectivity index (χ0n) is 10.3. The normalized spacial score (nSPS) is 9.89. The molecule has 0 spiro atoms. The lowest BCUT2D eigenvalue weighted by molar-refractivity contribution is 0.0701. The zero-order chi connectivity index (χ0) is 13.8. The Balaban J connectivity index is 2.20. The van der Waals surface area contributed by atoms with E-state index >= 15 is 0 Å². The number of anilines is 1. The Kier molecular flexibility index (Phi) is 3.83. The first-order chi connectivity index (χ1) is 9.13. The third-order valence-electron chi connectivity index (χ3n) is 2.79. The van der Waals surface area contributed by atoms with E-state index in [2.05, 4.69) is 11.4 Å². The Bertz CT molecular complexity index is 656. The molecule has 2 aromatic rings. The van der Waals surface area contributed by atoms with Gasteiger partial charge in [-0.1, -0.05) is 12.1 Å². The summed E-state index contributed by atoms with van der Waals surface area (Å²) in [6.07, 6.45) is 0. The number of carboxylic acid groups (broad SMARTS) is 1. The summed E-state index contributed by atoms with van der Waals surface area (Å²) in [4.78, 5) is 11.3. The minimum atomic E-state index is -0.920. The van der Waals surface area contributed by atoms with Gasteiger partial charge in [-0.15, -0.1) is 11.3 Å². The van der Waals surface area contributed by atoms with E-state index in [1.165, 1.54) is 11.3 Å². The molecule has 0 aliphatic carbocycles. The molecule has 0 bridgehead atoms. The molecular formula is C14H12N2O2S. The van der Waals surface area contributed by atoms with Crippen molar-refractivity contribution in [2.45, 2.75) is 13.5 Å². The van der Waals surface area contributed by atoms with Crippen LogP contribution in [0.2, 0.25) is 0 Å². The Morgan fingerprint density at radius 2 is 2.26 bits per heavy atom. The maximum atomic E-state index is 11.0. The molecule has 1 aromatic heterocycles. The quantitative estimate of drug-likeness (QED) is 0.896. The van der Waals surface area contributed by atoms with Crippen LogP contribution in [0.15, 0.2) is 29.6 Å². The number of hydrogen-bond donors (Lipinski definition) is 2. The molecule has 0 aliphatic rings.